The predicted molar refractivity (Wildman–Crippen MR) is 114 cm³/mol. The zero-order valence-corrected chi connectivity index (χ0v) is 17.8. The van der Waals surface area contributed by atoms with Crippen LogP contribution < -0.4 is 0 Å². The highest BCUT2D eigenvalue weighted by Crippen LogP contribution is 2.21. The highest BCUT2D eigenvalue weighted by Gasteiger charge is 2.29. The van der Waals surface area contributed by atoms with Crippen LogP contribution in [0.1, 0.15) is 41.7 Å². The average Bonchev–Trinajstić information content (AvgIpc) is 2.82. The molecule has 1 saturated heterocycles. The minimum Gasteiger partial charge on any atom is -0.455 e. The first-order valence-electron chi connectivity index (χ1n) is 10.4. The SMILES string of the molecule is CC(c1ccccc1)N(C)C(=O)COC(=O)C1CCN(C(=O)c2ccc(F)cc2)CC1. The predicted octanol–water partition coefficient (Wildman–Crippen LogP) is 3.44. The molecule has 1 heterocycles. The van der Waals surface area contributed by atoms with Gasteiger partial charge in [0, 0.05) is 25.7 Å². The van der Waals surface area contributed by atoms with Crippen molar-refractivity contribution in [1.82, 2.24) is 9.80 Å². The molecule has 2 aromatic rings. The fourth-order valence-corrected chi connectivity index (χ4v) is 3.62. The van der Waals surface area contributed by atoms with Crippen LogP contribution in [-0.4, -0.2) is 54.3 Å². The van der Waals surface area contributed by atoms with Gasteiger partial charge in [0.15, 0.2) is 6.61 Å². The van der Waals surface area contributed by atoms with E-state index in [1.807, 2.05) is 37.3 Å². The third-order valence-corrected chi connectivity index (χ3v) is 5.80. The van der Waals surface area contributed by atoms with Gasteiger partial charge in [-0.05, 0) is 49.6 Å². The Balaban J connectivity index is 1.45. The summed E-state index contributed by atoms with van der Waals surface area (Å²) in [5.74, 6) is -1.60. The van der Waals surface area contributed by atoms with Crippen molar-refractivity contribution in [1.29, 1.82) is 0 Å². The van der Waals surface area contributed by atoms with Crippen LogP contribution in [-0.2, 0) is 14.3 Å². The third-order valence-electron chi connectivity index (χ3n) is 5.80. The van der Waals surface area contributed by atoms with Crippen molar-refractivity contribution in [2.24, 2.45) is 5.92 Å². The Morgan fingerprint density at radius 1 is 1.06 bits per heavy atom. The van der Waals surface area contributed by atoms with Crippen molar-refractivity contribution in [2.75, 3.05) is 26.7 Å². The van der Waals surface area contributed by atoms with E-state index < -0.39 is 11.8 Å². The summed E-state index contributed by atoms with van der Waals surface area (Å²) in [4.78, 5) is 40.6. The number of piperidine rings is 1. The number of ether oxygens (including phenoxy) is 1. The zero-order chi connectivity index (χ0) is 22.4. The number of amides is 2. The molecule has 0 bridgehead atoms. The van der Waals surface area contributed by atoms with Crippen molar-refractivity contribution >= 4 is 17.8 Å². The first kappa shape index (κ1) is 22.5. The topological polar surface area (TPSA) is 66.9 Å². The number of carbonyl (C=O) groups excluding carboxylic acids is 3. The summed E-state index contributed by atoms with van der Waals surface area (Å²) < 4.78 is 18.3. The number of rotatable bonds is 6. The molecule has 0 N–H and O–H groups in total. The van der Waals surface area contributed by atoms with E-state index in [0.29, 0.717) is 31.5 Å². The van der Waals surface area contributed by atoms with Crippen LogP contribution in [0, 0.1) is 11.7 Å². The molecule has 164 valence electrons. The lowest BCUT2D eigenvalue weighted by atomic mass is 9.96. The van der Waals surface area contributed by atoms with Crippen molar-refractivity contribution in [3.63, 3.8) is 0 Å². The van der Waals surface area contributed by atoms with Crippen LogP contribution in [0.2, 0.25) is 0 Å². The summed E-state index contributed by atoms with van der Waals surface area (Å²) in [6.07, 6.45) is 0.937. The van der Waals surface area contributed by atoms with E-state index in [4.69, 9.17) is 4.74 Å². The summed E-state index contributed by atoms with van der Waals surface area (Å²) in [5.41, 5.74) is 1.42. The number of hydrogen-bond donors (Lipinski definition) is 0. The lowest BCUT2D eigenvalue weighted by Crippen LogP contribution is -2.41. The van der Waals surface area contributed by atoms with Gasteiger partial charge in [0.05, 0.1) is 12.0 Å². The second-order valence-electron chi connectivity index (χ2n) is 7.77. The Morgan fingerprint density at radius 3 is 2.29 bits per heavy atom. The maximum Gasteiger partial charge on any atom is 0.309 e. The number of likely N-dealkylation sites (tertiary alicyclic amines) is 1. The molecule has 0 aliphatic carbocycles. The highest BCUT2D eigenvalue weighted by atomic mass is 19.1. The van der Waals surface area contributed by atoms with Gasteiger partial charge in [0.25, 0.3) is 11.8 Å². The van der Waals surface area contributed by atoms with Crippen LogP contribution in [0.15, 0.2) is 54.6 Å². The Kier molecular flexibility index (Phi) is 7.39. The van der Waals surface area contributed by atoms with Gasteiger partial charge in [-0.1, -0.05) is 30.3 Å². The number of benzene rings is 2. The molecule has 3 rings (SSSR count). The van der Waals surface area contributed by atoms with E-state index in [2.05, 4.69) is 0 Å². The molecule has 6 nitrogen and oxygen atoms in total. The van der Waals surface area contributed by atoms with Gasteiger partial charge in [-0.15, -0.1) is 0 Å². The monoisotopic (exact) mass is 426 g/mol. The number of likely N-dealkylation sites (N-methyl/N-ethyl adjacent to an activating group) is 1. The maximum absolute atomic E-state index is 13.0. The largest absolute Gasteiger partial charge is 0.455 e. The van der Waals surface area contributed by atoms with Crippen molar-refractivity contribution < 1.29 is 23.5 Å². The molecule has 1 fully saturated rings. The van der Waals surface area contributed by atoms with Crippen molar-refractivity contribution in [2.45, 2.75) is 25.8 Å². The number of nitrogens with zero attached hydrogens (tertiary/aromatic N) is 2. The summed E-state index contributed by atoms with van der Waals surface area (Å²) in [6.45, 7) is 2.44. The van der Waals surface area contributed by atoms with E-state index in [0.717, 1.165) is 5.56 Å². The van der Waals surface area contributed by atoms with Crippen LogP contribution in [0.5, 0.6) is 0 Å². The maximum atomic E-state index is 13.0. The minimum absolute atomic E-state index is 0.131. The number of carbonyl (C=O) groups is 3. The first-order valence-corrected chi connectivity index (χ1v) is 10.4. The van der Waals surface area contributed by atoms with Crippen LogP contribution in [0.25, 0.3) is 0 Å². The molecular formula is C24H27FN2O4. The van der Waals surface area contributed by atoms with Gasteiger partial charge in [-0.3, -0.25) is 14.4 Å². The Hall–Kier alpha value is -3.22. The fraction of sp³-hybridized carbons (Fsp3) is 0.375. The fourth-order valence-electron chi connectivity index (χ4n) is 3.62. The zero-order valence-electron chi connectivity index (χ0n) is 17.8. The molecule has 2 aromatic carbocycles. The van der Waals surface area contributed by atoms with Gasteiger partial charge in [-0.2, -0.15) is 0 Å². The summed E-state index contributed by atoms with van der Waals surface area (Å²) >= 11 is 0. The molecule has 1 aliphatic rings. The summed E-state index contributed by atoms with van der Waals surface area (Å²) in [7, 11) is 1.69. The van der Waals surface area contributed by atoms with Gasteiger partial charge >= 0.3 is 5.97 Å². The number of hydrogen-bond acceptors (Lipinski definition) is 4. The number of halogens is 1. The minimum atomic E-state index is -0.414. The van der Waals surface area contributed by atoms with Gasteiger partial charge in [-0.25, -0.2) is 4.39 Å². The number of esters is 1. The molecule has 31 heavy (non-hydrogen) atoms. The standard InChI is InChI=1S/C24H27FN2O4/c1-17(18-6-4-3-5-7-18)26(2)22(28)16-31-24(30)20-12-14-27(15-13-20)23(29)19-8-10-21(25)11-9-19/h3-11,17,20H,12-16H2,1-2H3. The van der Waals surface area contributed by atoms with E-state index >= 15 is 0 Å². The second kappa shape index (κ2) is 10.2. The third kappa shape index (κ3) is 5.69. The smallest absolute Gasteiger partial charge is 0.309 e. The quantitative estimate of drug-likeness (QED) is 0.664. The summed E-state index contributed by atoms with van der Waals surface area (Å²) in [6, 6.07) is 14.9. The molecule has 0 spiro atoms. The van der Waals surface area contributed by atoms with Gasteiger partial charge in [0.2, 0.25) is 0 Å². The molecule has 7 heteroatoms. The van der Waals surface area contributed by atoms with E-state index in [-0.39, 0.29) is 30.4 Å². The molecule has 0 radical (unpaired) electrons. The Bertz CT molecular complexity index is 909. The highest BCUT2D eigenvalue weighted by molar-refractivity contribution is 5.94. The van der Waals surface area contributed by atoms with Crippen molar-refractivity contribution in [3.05, 3.63) is 71.5 Å². The lowest BCUT2D eigenvalue weighted by Gasteiger charge is -2.31. The molecule has 2 amide bonds. The lowest BCUT2D eigenvalue weighted by molar-refractivity contribution is -0.156. The Morgan fingerprint density at radius 2 is 1.68 bits per heavy atom. The molecule has 1 unspecified atom stereocenters. The normalized spacial score (nSPS) is 15.3. The van der Waals surface area contributed by atoms with Crippen LogP contribution in [0.3, 0.4) is 0 Å². The van der Waals surface area contributed by atoms with E-state index in [9.17, 15) is 18.8 Å². The van der Waals surface area contributed by atoms with Gasteiger partial charge in [0.1, 0.15) is 5.82 Å². The molecule has 0 aromatic heterocycles. The second-order valence-corrected chi connectivity index (χ2v) is 7.77. The molecule has 1 aliphatic heterocycles. The van der Waals surface area contributed by atoms with E-state index in [1.54, 1.807) is 16.8 Å². The summed E-state index contributed by atoms with van der Waals surface area (Å²) in [5, 5.41) is 0. The first-order chi connectivity index (χ1) is 14.9. The van der Waals surface area contributed by atoms with Crippen LogP contribution >= 0.6 is 0 Å². The van der Waals surface area contributed by atoms with Crippen molar-refractivity contribution in [3.8, 4) is 0 Å². The Labute approximate surface area is 181 Å². The molecular weight excluding hydrogens is 399 g/mol. The molecule has 0 saturated carbocycles. The average molecular weight is 426 g/mol. The van der Waals surface area contributed by atoms with E-state index in [1.165, 1.54) is 24.3 Å². The molecule has 1 atom stereocenters. The van der Waals surface area contributed by atoms with Gasteiger partial charge < -0.3 is 14.5 Å². The van der Waals surface area contributed by atoms with Crippen LogP contribution in [0.4, 0.5) is 4.39 Å².